The summed E-state index contributed by atoms with van der Waals surface area (Å²) in [5.41, 5.74) is 8.17. The highest BCUT2D eigenvalue weighted by Gasteiger charge is 2.34. The number of benzene rings is 2. The molecule has 2 aromatic rings. The number of amidine groups is 1. The van der Waals surface area contributed by atoms with E-state index < -0.39 is 18.7 Å². The van der Waals surface area contributed by atoms with Gasteiger partial charge in [0.1, 0.15) is 18.2 Å². The molecule has 2 aromatic carbocycles. The Kier molecular flexibility index (Phi) is 10.5. The molecule has 4 rings (SSSR count). The van der Waals surface area contributed by atoms with Gasteiger partial charge in [0.25, 0.3) is 0 Å². The molecule has 1 aliphatic heterocycles. The summed E-state index contributed by atoms with van der Waals surface area (Å²) in [4.78, 5) is 36.5. The number of ether oxygens (including phenoxy) is 3. The minimum atomic E-state index is -0.565. The fraction of sp³-hybridized carbons (Fsp3) is 0.429. The van der Waals surface area contributed by atoms with Crippen molar-refractivity contribution in [1.29, 1.82) is 5.41 Å². The maximum absolute atomic E-state index is 12.3. The fourth-order valence-corrected chi connectivity index (χ4v) is 4.77. The number of nitrogens with two attached hydrogens (primary N) is 1. The first-order chi connectivity index (χ1) is 17.9. The third-order valence-corrected chi connectivity index (χ3v) is 6.89. The number of nitrogens with one attached hydrogen (secondary N) is 2. The Balaban J connectivity index is 0.00000400. The molecule has 0 bridgehead atoms. The summed E-state index contributed by atoms with van der Waals surface area (Å²) in [6.07, 6.45) is 5.20. The molecular formula is C28H34ClN3O6. The minimum Gasteiger partial charge on any atom is -0.491 e. The summed E-state index contributed by atoms with van der Waals surface area (Å²) in [5.74, 6) is -1.01. The molecule has 1 saturated carbocycles. The summed E-state index contributed by atoms with van der Waals surface area (Å²) < 4.78 is 16.0. The summed E-state index contributed by atoms with van der Waals surface area (Å²) >= 11 is 0. The number of carbonyl (C=O) groups is 3. The lowest BCUT2D eigenvalue weighted by Crippen LogP contribution is -2.31. The molecule has 1 aliphatic carbocycles. The highest BCUT2D eigenvalue weighted by atomic mass is 35.5. The number of rotatable bonds is 10. The Bertz CT molecular complexity index is 1120. The van der Waals surface area contributed by atoms with Crippen molar-refractivity contribution in [2.24, 2.45) is 17.6 Å². The molecule has 204 valence electrons. The Morgan fingerprint density at radius 2 is 1.58 bits per heavy atom. The highest BCUT2D eigenvalue weighted by molar-refractivity contribution is 5.95. The van der Waals surface area contributed by atoms with Gasteiger partial charge in [0.2, 0.25) is 12.7 Å². The van der Waals surface area contributed by atoms with Gasteiger partial charge in [0, 0.05) is 5.56 Å². The second-order valence-corrected chi connectivity index (χ2v) is 9.60. The topological polar surface area (TPSA) is 141 Å². The number of hydrogen-bond acceptors (Lipinski definition) is 7. The van der Waals surface area contributed by atoms with E-state index in [1.165, 1.54) is 0 Å². The zero-order chi connectivity index (χ0) is 26.2. The standard InChI is InChI=1S/C28H33N3O6.ClH/c29-26(30)20-8-6-18(7-9-20)19-10-12-24(13-11-19)35-16-23-14-22(27(33)31-23)15-25(32)36-17-37-28(34)21-4-2-1-3-5-21;/h6-13,21-23H,1-5,14-17H2,(H3,29,30)(H,31,33);1H/t22-,23-;/m0./s1. The predicted octanol–water partition coefficient (Wildman–Crippen LogP) is 3.96. The summed E-state index contributed by atoms with van der Waals surface area (Å²) in [5, 5.41) is 10.3. The van der Waals surface area contributed by atoms with Gasteiger partial charge in [-0.2, -0.15) is 0 Å². The predicted molar refractivity (Wildman–Crippen MR) is 144 cm³/mol. The molecule has 0 spiro atoms. The molecule has 4 N–H and O–H groups in total. The van der Waals surface area contributed by atoms with Gasteiger partial charge in [-0.1, -0.05) is 55.7 Å². The Morgan fingerprint density at radius 1 is 0.947 bits per heavy atom. The van der Waals surface area contributed by atoms with Crippen LogP contribution in [0.2, 0.25) is 0 Å². The molecule has 1 saturated heterocycles. The highest BCUT2D eigenvalue weighted by Crippen LogP contribution is 2.26. The van der Waals surface area contributed by atoms with Gasteiger partial charge in [0.05, 0.1) is 24.3 Å². The van der Waals surface area contributed by atoms with E-state index in [9.17, 15) is 14.4 Å². The fourth-order valence-electron chi connectivity index (χ4n) is 4.77. The molecule has 1 heterocycles. The van der Waals surface area contributed by atoms with Crippen LogP contribution in [0.5, 0.6) is 5.75 Å². The van der Waals surface area contributed by atoms with Crippen LogP contribution in [0.3, 0.4) is 0 Å². The van der Waals surface area contributed by atoms with Crippen molar-refractivity contribution < 1.29 is 28.6 Å². The van der Waals surface area contributed by atoms with Crippen molar-refractivity contribution >= 4 is 36.1 Å². The Labute approximate surface area is 228 Å². The van der Waals surface area contributed by atoms with Crippen molar-refractivity contribution in [3.8, 4) is 16.9 Å². The molecule has 0 aromatic heterocycles. The van der Waals surface area contributed by atoms with Crippen molar-refractivity contribution in [2.75, 3.05) is 13.4 Å². The number of halogens is 1. The average molecular weight is 544 g/mol. The lowest BCUT2D eigenvalue weighted by molar-refractivity contribution is -0.171. The van der Waals surface area contributed by atoms with E-state index in [0.29, 0.717) is 17.7 Å². The maximum atomic E-state index is 12.3. The second-order valence-electron chi connectivity index (χ2n) is 9.60. The number of nitrogen functional groups attached to an aromatic ring is 1. The average Bonchev–Trinajstić information content (AvgIpc) is 3.26. The monoisotopic (exact) mass is 543 g/mol. The normalized spacial score (nSPS) is 19.1. The summed E-state index contributed by atoms with van der Waals surface area (Å²) in [6, 6.07) is 14.8. The van der Waals surface area contributed by atoms with E-state index in [1.807, 2.05) is 36.4 Å². The molecule has 38 heavy (non-hydrogen) atoms. The van der Waals surface area contributed by atoms with Crippen LogP contribution in [0.15, 0.2) is 48.5 Å². The maximum Gasteiger partial charge on any atom is 0.311 e. The molecule has 0 radical (unpaired) electrons. The second kappa shape index (κ2) is 13.8. The number of hydrogen-bond donors (Lipinski definition) is 3. The molecule has 0 unspecified atom stereocenters. The van der Waals surface area contributed by atoms with Gasteiger partial charge in [-0.25, -0.2) is 0 Å². The van der Waals surface area contributed by atoms with Crippen LogP contribution in [0.1, 0.15) is 50.5 Å². The quantitative estimate of drug-likeness (QED) is 0.178. The van der Waals surface area contributed by atoms with Gasteiger partial charge in [-0.15, -0.1) is 12.4 Å². The smallest absolute Gasteiger partial charge is 0.311 e. The van der Waals surface area contributed by atoms with Crippen LogP contribution < -0.4 is 15.8 Å². The number of esters is 2. The summed E-state index contributed by atoms with van der Waals surface area (Å²) in [6.45, 7) is -0.130. The van der Waals surface area contributed by atoms with Gasteiger partial charge >= 0.3 is 11.9 Å². The largest absolute Gasteiger partial charge is 0.491 e. The third kappa shape index (κ3) is 7.95. The molecular weight excluding hydrogens is 510 g/mol. The molecule has 1 amide bonds. The lowest BCUT2D eigenvalue weighted by atomic mass is 9.89. The van der Waals surface area contributed by atoms with E-state index in [1.54, 1.807) is 12.1 Å². The van der Waals surface area contributed by atoms with Crippen molar-refractivity contribution in [3.05, 3.63) is 54.1 Å². The molecule has 2 atom stereocenters. The molecule has 10 heteroatoms. The van der Waals surface area contributed by atoms with Crippen molar-refractivity contribution in [1.82, 2.24) is 5.32 Å². The number of carbonyl (C=O) groups excluding carboxylic acids is 3. The van der Waals surface area contributed by atoms with E-state index in [4.69, 9.17) is 25.4 Å². The van der Waals surface area contributed by atoms with Crippen LogP contribution in [0.25, 0.3) is 11.1 Å². The van der Waals surface area contributed by atoms with Crippen LogP contribution in [-0.4, -0.2) is 43.1 Å². The first-order valence-electron chi connectivity index (χ1n) is 12.7. The molecule has 2 fully saturated rings. The molecule has 2 aliphatic rings. The van der Waals surface area contributed by atoms with E-state index in [0.717, 1.165) is 43.2 Å². The lowest BCUT2D eigenvalue weighted by Gasteiger charge is -2.19. The van der Waals surface area contributed by atoms with E-state index in [2.05, 4.69) is 5.32 Å². The van der Waals surface area contributed by atoms with Crippen molar-refractivity contribution in [2.45, 2.75) is 51.0 Å². The van der Waals surface area contributed by atoms with Gasteiger partial charge in [-0.3, -0.25) is 19.8 Å². The van der Waals surface area contributed by atoms with Gasteiger partial charge in [-0.05, 0) is 42.5 Å². The molecule has 9 nitrogen and oxygen atoms in total. The minimum absolute atomic E-state index is 0. The van der Waals surface area contributed by atoms with Gasteiger partial charge in [0.15, 0.2) is 0 Å². The Morgan fingerprint density at radius 3 is 2.21 bits per heavy atom. The van der Waals surface area contributed by atoms with Gasteiger partial charge < -0.3 is 25.3 Å². The van der Waals surface area contributed by atoms with Crippen LogP contribution >= 0.6 is 12.4 Å². The SMILES string of the molecule is Cl.N=C(N)c1ccc(-c2ccc(OC[C@@H]3C[C@@H](CC(=O)OCOC(=O)C4CCCCC4)C(=O)N3)cc2)cc1. The zero-order valence-electron chi connectivity index (χ0n) is 21.1. The zero-order valence-corrected chi connectivity index (χ0v) is 22.0. The first kappa shape index (κ1) is 29.0. The van der Waals surface area contributed by atoms with Crippen LogP contribution in [-0.2, 0) is 23.9 Å². The Hall–Kier alpha value is -3.59. The summed E-state index contributed by atoms with van der Waals surface area (Å²) in [7, 11) is 0. The third-order valence-electron chi connectivity index (χ3n) is 6.89. The van der Waals surface area contributed by atoms with Crippen LogP contribution in [0, 0.1) is 17.2 Å². The number of amides is 1. The first-order valence-corrected chi connectivity index (χ1v) is 12.7. The van der Waals surface area contributed by atoms with Crippen LogP contribution in [0.4, 0.5) is 0 Å². The van der Waals surface area contributed by atoms with Crippen molar-refractivity contribution in [3.63, 3.8) is 0 Å². The van der Waals surface area contributed by atoms with E-state index in [-0.39, 0.29) is 55.1 Å². The van der Waals surface area contributed by atoms with E-state index >= 15 is 0 Å².